The highest BCUT2D eigenvalue weighted by Gasteiger charge is 2.06. The molecular formula is C10H8BrNS. The third kappa shape index (κ3) is 1.62. The minimum absolute atomic E-state index is 0.830. The highest BCUT2D eigenvalue weighted by atomic mass is 79.9. The van der Waals surface area contributed by atoms with E-state index in [1.165, 1.54) is 5.56 Å². The lowest BCUT2D eigenvalue weighted by molar-refractivity contribution is 1.67. The minimum Gasteiger partial charge on any atom is -0.397 e. The van der Waals surface area contributed by atoms with Gasteiger partial charge in [0.2, 0.25) is 0 Å². The molecule has 1 aromatic carbocycles. The normalized spacial score (nSPS) is 10.2. The molecule has 1 aromatic heterocycles. The second-order valence-corrected chi connectivity index (χ2v) is 4.90. The molecule has 0 aliphatic heterocycles. The van der Waals surface area contributed by atoms with Gasteiger partial charge in [0, 0.05) is 10.9 Å². The van der Waals surface area contributed by atoms with Crippen molar-refractivity contribution in [2.24, 2.45) is 0 Å². The number of hydrogen-bond donors (Lipinski definition) is 1. The Hall–Kier alpha value is -0.800. The molecule has 0 aliphatic carbocycles. The van der Waals surface area contributed by atoms with Crippen molar-refractivity contribution < 1.29 is 0 Å². The van der Waals surface area contributed by atoms with E-state index in [1.54, 1.807) is 11.3 Å². The molecule has 0 spiro atoms. The molecule has 0 aliphatic rings. The fraction of sp³-hybridized carbons (Fsp3) is 0. The first-order valence-electron chi connectivity index (χ1n) is 3.87. The SMILES string of the molecule is Nc1c(-c2ccccc2)csc1Br. The summed E-state index contributed by atoms with van der Waals surface area (Å²) in [5.74, 6) is 0. The molecule has 13 heavy (non-hydrogen) atoms. The van der Waals surface area contributed by atoms with Crippen LogP contribution in [0.3, 0.4) is 0 Å². The zero-order chi connectivity index (χ0) is 9.26. The Morgan fingerprint density at radius 3 is 2.38 bits per heavy atom. The first-order valence-corrected chi connectivity index (χ1v) is 5.54. The summed E-state index contributed by atoms with van der Waals surface area (Å²) in [6.45, 7) is 0. The summed E-state index contributed by atoms with van der Waals surface area (Å²) in [5, 5.41) is 2.06. The number of rotatable bonds is 1. The first kappa shape index (κ1) is 8.78. The lowest BCUT2D eigenvalue weighted by atomic mass is 10.1. The topological polar surface area (TPSA) is 26.0 Å². The lowest BCUT2D eigenvalue weighted by Crippen LogP contribution is -1.85. The van der Waals surface area contributed by atoms with Crippen LogP contribution in [0.4, 0.5) is 5.69 Å². The molecular weight excluding hydrogens is 246 g/mol. The molecule has 0 atom stereocenters. The molecule has 2 aromatic rings. The molecule has 0 unspecified atom stereocenters. The number of anilines is 1. The van der Waals surface area contributed by atoms with Crippen LogP contribution in [0.25, 0.3) is 11.1 Å². The second-order valence-electron chi connectivity index (χ2n) is 2.70. The van der Waals surface area contributed by atoms with Gasteiger partial charge in [-0.2, -0.15) is 0 Å². The van der Waals surface area contributed by atoms with Gasteiger partial charge in [-0.25, -0.2) is 0 Å². The quantitative estimate of drug-likeness (QED) is 0.823. The molecule has 1 heterocycles. The molecule has 2 N–H and O–H groups in total. The average molecular weight is 254 g/mol. The van der Waals surface area contributed by atoms with E-state index < -0.39 is 0 Å². The zero-order valence-electron chi connectivity index (χ0n) is 6.83. The molecule has 1 nitrogen and oxygen atoms in total. The molecule has 0 saturated carbocycles. The molecule has 66 valence electrons. The van der Waals surface area contributed by atoms with Gasteiger partial charge in [0.1, 0.15) is 0 Å². The summed E-state index contributed by atoms with van der Waals surface area (Å²) in [7, 11) is 0. The summed E-state index contributed by atoms with van der Waals surface area (Å²) in [4.78, 5) is 0. The van der Waals surface area contributed by atoms with Crippen molar-refractivity contribution in [2.75, 3.05) is 5.73 Å². The Kier molecular flexibility index (Phi) is 2.38. The van der Waals surface area contributed by atoms with Crippen molar-refractivity contribution in [1.29, 1.82) is 0 Å². The molecule has 0 bridgehead atoms. The number of thiophene rings is 1. The largest absolute Gasteiger partial charge is 0.397 e. The van der Waals surface area contributed by atoms with E-state index in [-0.39, 0.29) is 0 Å². The van der Waals surface area contributed by atoms with Gasteiger partial charge >= 0.3 is 0 Å². The van der Waals surface area contributed by atoms with Crippen molar-refractivity contribution in [1.82, 2.24) is 0 Å². The smallest absolute Gasteiger partial charge is 0.0934 e. The van der Waals surface area contributed by atoms with E-state index in [1.807, 2.05) is 18.2 Å². The van der Waals surface area contributed by atoms with Crippen molar-refractivity contribution in [3.05, 3.63) is 39.5 Å². The molecule has 0 radical (unpaired) electrons. The van der Waals surface area contributed by atoms with Gasteiger partial charge in [-0.3, -0.25) is 0 Å². The summed E-state index contributed by atoms with van der Waals surface area (Å²) >= 11 is 5.02. The van der Waals surface area contributed by atoms with Crippen molar-refractivity contribution >= 4 is 33.0 Å². The summed E-state index contributed by atoms with van der Waals surface area (Å²) in [6, 6.07) is 10.2. The molecule has 3 heteroatoms. The van der Waals surface area contributed by atoms with Crippen LogP contribution in [0.1, 0.15) is 0 Å². The van der Waals surface area contributed by atoms with Crippen LogP contribution in [0, 0.1) is 0 Å². The maximum Gasteiger partial charge on any atom is 0.0934 e. The van der Waals surface area contributed by atoms with Crippen LogP contribution in [-0.4, -0.2) is 0 Å². The molecule has 0 fully saturated rings. The Morgan fingerprint density at radius 1 is 1.15 bits per heavy atom. The Balaban J connectivity index is 2.53. The third-order valence-corrected chi connectivity index (χ3v) is 3.64. The van der Waals surface area contributed by atoms with Gasteiger partial charge in [0.25, 0.3) is 0 Å². The molecule has 0 saturated heterocycles. The van der Waals surface area contributed by atoms with Gasteiger partial charge in [-0.05, 0) is 21.5 Å². The number of halogens is 1. The van der Waals surface area contributed by atoms with Crippen molar-refractivity contribution in [3.63, 3.8) is 0 Å². The average Bonchev–Trinajstić information content (AvgIpc) is 2.49. The van der Waals surface area contributed by atoms with E-state index in [9.17, 15) is 0 Å². The number of benzene rings is 1. The Labute approximate surface area is 89.3 Å². The Bertz CT molecular complexity index is 408. The van der Waals surface area contributed by atoms with Gasteiger partial charge in [-0.1, -0.05) is 30.3 Å². The van der Waals surface area contributed by atoms with Gasteiger partial charge in [-0.15, -0.1) is 11.3 Å². The number of nitrogens with two attached hydrogens (primary N) is 1. The van der Waals surface area contributed by atoms with Crippen LogP contribution in [0.15, 0.2) is 39.5 Å². The van der Waals surface area contributed by atoms with Gasteiger partial charge < -0.3 is 5.73 Å². The first-order chi connectivity index (χ1) is 6.29. The van der Waals surface area contributed by atoms with Gasteiger partial charge in [0.05, 0.1) is 9.47 Å². The lowest BCUT2D eigenvalue weighted by Gasteiger charge is -1.98. The maximum absolute atomic E-state index is 5.90. The van der Waals surface area contributed by atoms with Crippen LogP contribution in [-0.2, 0) is 0 Å². The van der Waals surface area contributed by atoms with Crippen molar-refractivity contribution in [3.8, 4) is 11.1 Å². The third-order valence-electron chi connectivity index (χ3n) is 1.87. The zero-order valence-corrected chi connectivity index (χ0v) is 9.23. The predicted molar refractivity (Wildman–Crippen MR) is 61.9 cm³/mol. The fourth-order valence-electron chi connectivity index (χ4n) is 1.18. The Morgan fingerprint density at radius 2 is 1.85 bits per heavy atom. The number of hydrogen-bond acceptors (Lipinski definition) is 2. The highest BCUT2D eigenvalue weighted by molar-refractivity contribution is 9.11. The fourth-order valence-corrected chi connectivity index (χ4v) is 2.40. The van der Waals surface area contributed by atoms with Crippen LogP contribution in [0.5, 0.6) is 0 Å². The van der Waals surface area contributed by atoms with Crippen molar-refractivity contribution in [2.45, 2.75) is 0 Å². The van der Waals surface area contributed by atoms with Crippen LogP contribution >= 0.6 is 27.3 Å². The standard InChI is InChI=1S/C10H8BrNS/c11-10-9(12)8(6-13-10)7-4-2-1-3-5-7/h1-6H,12H2. The van der Waals surface area contributed by atoms with Gasteiger partial charge in [0.15, 0.2) is 0 Å². The monoisotopic (exact) mass is 253 g/mol. The molecule has 0 amide bonds. The molecule has 2 rings (SSSR count). The predicted octanol–water partition coefficient (Wildman–Crippen LogP) is 3.76. The van der Waals surface area contributed by atoms with E-state index in [4.69, 9.17) is 5.73 Å². The maximum atomic E-state index is 5.90. The van der Waals surface area contributed by atoms with Crippen LogP contribution < -0.4 is 5.73 Å². The highest BCUT2D eigenvalue weighted by Crippen LogP contribution is 2.37. The second kappa shape index (κ2) is 3.52. The summed E-state index contributed by atoms with van der Waals surface area (Å²) in [6.07, 6.45) is 0. The summed E-state index contributed by atoms with van der Waals surface area (Å²) in [5.41, 5.74) is 9.01. The van der Waals surface area contributed by atoms with E-state index in [0.29, 0.717) is 0 Å². The minimum atomic E-state index is 0.830. The summed E-state index contributed by atoms with van der Waals surface area (Å²) < 4.78 is 1.01. The van der Waals surface area contributed by atoms with E-state index in [2.05, 4.69) is 33.4 Å². The van der Waals surface area contributed by atoms with Crippen LogP contribution in [0.2, 0.25) is 0 Å². The van der Waals surface area contributed by atoms with E-state index >= 15 is 0 Å². The van der Waals surface area contributed by atoms with E-state index in [0.717, 1.165) is 15.0 Å². The number of nitrogen functional groups attached to an aromatic ring is 1.